The fourth-order valence-electron chi connectivity index (χ4n) is 2.01. The Bertz CT molecular complexity index is 317. The summed E-state index contributed by atoms with van der Waals surface area (Å²) in [6.45, 7) is 10.3. The van der Waals surface area contributed by atoms with Crippen LogP contribution in [0.4, 0.5) is 0 Å². The molecule has 1 aliphatic heterocycles. The maximum atomic E-state index is 11.2. The molecule has 20 heavy (non-hydrogen) atoms. The average Bonchev–Trinajstić information content (AvgIpc) is 2.54. The zero-order valence-corrected chi connectivity index (χ0v) is 14.0. The molecule has 1 atom stereocenters. The molecule has 1 fully saturated rings. The zero-order chi connectivity index (χ0) is 15.4. The topological polar surface area (TPSA) is 44.8 Å². The van der Waals surface area contributed by atoms with Gasteiger partial charge in [-0.3, -0.25) is 4.79 Å². The van der Waals surface area contributed by atoms with Crippen LogP contribution in [0.25, 0.3) is 0 Å². The Balaban J connectivity index is 2.28. The van der Waals surface area contributed by atoms with E-state index >= 15 is 0 Å². The second kappa shape index (κ2) is 7.14. The first-order valence-corrected chi connectivity index (χ1v) is 7.78. The minimum atomic E-state index is -0.385. The van der Waals surface area contributed by atoms with Gasteiger partial charge in [0.2, 0.25) is 0 Å². The molecule has 0 aromatic carbocycles. The van der Waals surface area contributed by atoms with E-state index in [4.69, 9.17) is 25.6 Å². The van der Waals surface area contributed by atoms with Crippen molar-refractivity contribution < 1.29 is 18.8 Å². The number of hydrogen-bond donors (Lipinski definition) is 0. The highest BCUT2D eigenvalue weighted by Gasteiger charge is 2.53. The lowest BCUT2D eigenvalue weighted by Crippen LogP contribution is -2.41. The van der Waals surface area contributed by atoms with Crippen molar-refractivity contribution in [3.05, 3.63) is 0 Å². The van der Waals surface area contributed by atoms with Gasteiger partial charge in [-0.25, -0.2) is 0 Å². The van der Waals surface area contributed by atoms with Gasteiger partial charge >= 0.3 is 13.1 Å². The zero-order valence-electron chi connectivity index (χ0n) is 13.2. The van der Waals surface area contributed by atoms with Crippen LogP contribution in [0.2, 0.25) is 0 Å². The van der Waals surface area contributed by atoms with E-state index < -0.39 is 0 Å². The Labute approximate surface area is 127 Å². The molecule has 1 unspecified atom stereocenters. The van der Waals surface area contributed by atoms with E-state index in [2.05, 4.69) is 0 Å². The molecule has 116 valence electrons. The summed E-state index contributed by atoms with van der Waals surface area (Å²) in [6, 6.07) is 0. The van der Waals surface area contributed by atoms with Crippen LogP contribution < -0.4 is 0 Å². The van der Waals surface area contributed by atoms with E-state index in [1.54, 1.807) is 0 Å². The number of unbranched alkanes of at least 4 members (excludes halogenated alkanes) is 1. The van der Waals surface area contributed by atoms with Crippen molar-refractivity contribution >= 4 is 24.7 Å². The van der Waals surface area contributed by atoms with Gasteiger partial charge in [0.1, 0.15) is 0 Å². The lowest BCUT2D eigenvalue weighted by molar-refractivity contribution is -0.143. The Morgan fingerprint density at radius 2 is 1.75 bits per heavy atom. The van der Waals surface area contributed by atoms with Crippen molar-refractivity contribution in [2.24, 2.45) is 0 Å². The van der Waals surface area contributed by atoms with Crippen LogP contribution in [0.3, 0.4) is 0 Å². The minimum absolute atomic E-state index is 0.144. The van der Waals surface area contributed by atoms with Crippen molar-refractivity contribution in [3.8, 4) is 0 Å². The molecule has 0 aromatic heterocycles. The van der Waals surface area contributed by atoms with Gasteiger partial charge in [-0.1, -0.05) is 6.42 Å². The van der Waals surface area contributed by atoms with Gasteiger partial charge in [-0.15, -0.1) is 11.6 Å². The molecule has 4 nitrogen and oxygen atoms in total. The van der Waals surface area contributed by atoms with Gasteiger partial charge < -0.3 is 14.0 Å². The Kier molecular flexibility index (Phi) is 6.36. The molecule has 0 saturated carbocycles. The van der Waals surface area contributed by atoms with E-state index in [0.717, 1.165) is 19.3 Å². The van der Waals surface area contributed by atoms with Gasteiger partial charge in [0.25, 0.3) is 0 Å². The fourth-order valence-corrected chi connectivity index (χ4v) is 2.27. The molecule has 1 heterocycles. The van der Waals surface area contributed by atoms with Crippen molar-refractivity contribution in [3.63, 3.8) is 0 Å². The second-order valence-corrected chi connectivity index (χ2v) is 6.75. The van der Waals surface area contributed by atoms with Crippen molar-refractivity contribution in [1.29, 1.82) is 0 Å². The van der Waals surface area contributed by atoms with Crippen LogP contribution in [0, 0.1) is 0 Å². The quantitative estimate of drug-likeness (QED) is 0.313. The first kappa shape index (κ1) is 17.8. The number of alkyl halides is 1. The number of halogens is 1. The molecule has 0 aliphatic carbocycles. The number of carbonyl (C=O) groups excluding carboxylic acids is 1. The first-order valence-electron chi connectivity index (χ1n) is 7.35. The molecule has 1 saturated heterocycles. The SMILES string of the molecule is CCOC(=O)CCCCC(Cl)B1OC(C)(C)C(C)(C)O1. The molecule has 1 rings (SSSR count). The fraction of sp³-hybridized carbons (Fsp3) is 0.929. The second-order valence-electron chi connectivity index (χ2n) is 6.19. The standard InChI is InChI=1S/C14H26BClO4/c1-6-18-12(17)10-8-7-9-11(16)15-19-13(2,3)14(4,5)20-15/h11H,6-10H2,1-5H3. The molecule has 0 spiro atoms. The van der Waals surface area contributed by atoms with Crippen LogP contribution in [-0.2, 0) is 18.8 Å². The lowest BCUT2D eigenvalue weighted by atomic mass is 9.81. The predicted octanol–water partition coefficient (Wildman–Crippen LogP) is 3.35. The van der Waals surface area contributed by atoms with E-state index in [1.165, 1.54) is 0 Å². The summed E-state index contributed by atoms with van der Waals surface area (Å²) in [5, 5.41) is -0.196. The van der Waals surface area contributed by atoms with Crippen molar-refractivity contribution in [2.45, 2.75) is 76.8 Å². The third-order valence-corrected chi connectivity index (χ3v) is 4.41. The van der Waals surface area contributed by atoms with Gasteiger partial charge in [0, 0.05) is 6.42 Å². The van der Waals surface area contributed by atoms with Gasteiger partial charge in [-0.2, -0.15) is 0 Å². The van der Waals surface area contributed by atoms with Gasteiger partial charge in [0.15, 0.2) is 0 Å². The largest absolute Gasteiger partial charge is 0.476 e. The summed E-state index contributed by atoms with van der Waals surface area (Å²) in [6.07, 6.45) is 2.84. The highest BCUT2D eigenvalue weighted by molar-refractivity contribution is 6.59. The van der Waals surface area contributed by atoms with Crippen LogP contribution in [0.15, 0.2) is 0 Å². The van der Waals surface area contributed by atoms with Crippen LogP contribution in [0.1, 0.15) is 60.3 Å². The number of rotatable bonds is 7. The average molecular weight is 305 g/mol. The monoisotopic (exact) mass is 304 g/mol. The van der Waals surface area contributed by atoms with Crippen molar-refractivity contribution in [2.75, 3.05) is 6.61 Å². The number of ether oxygens (including phenoxy) is 1. The molecule has 0 aromatic rings. The van der Waals surface area contributed by atoms with Crippen LogP contribution >= 0.6 is 11.6 Å². The molecule has 0 bridgehead atoms. The van der Waals surface area contributed by atoms with Crippen molar-refractivity contribution in [1.82, 2.24) is 0 Å². The van der Waals surface area contributed by atoms with Crippen LogP contribution in [-0.4, -0.2) is 36.2 Å². The van der Waals surface area contributed by atoms with Gasteiger partial charge in [-0.05, 0) is 47.5 Å². The summed E-state index contributed by atoms with van der Waals surface area (Å²) in [5.41, 5.74) is -0.703. The first-order chi connectivity index (χ1) is 9.19. The third kappa shape index (κ3) is 4.64. The summed E-state index contributed by atoms with van der Waals surface area (Å²) in [7, 11) is -0.385. The Morgan fingerprint density at radius 3 is 2.25 bits per heavy atom. The Hall–Kier alpha value is -0.255. The predicted molar refractivity (Wildman–Crippen MR) is 80.8 cm³/mol. The maximum absolute atomic E-state index is 11.2. The smallest absolute Gasteiger partial charge is 0.466 e. The normalized spacial score (nSPS) is 21.8. The summed E-state index contributed by atoms with van der Waals surface area (Å²) in [4.78, 5) is 11.2. The Morgan fingerprint density at radius 1 is 1.20 bits per heavy atom. The minimum Gasteiger partial charge on any atom is -0.466 e. The molecule has 0 amide bonds. The van der Waals surface area contributed by atoms with Gasteiger partial charge in [0.05, 0.1) is 23.1 Å². The highest BCUT2D eigenvalue weighted by Crippen LogP contribution is 2.38. The number of esters is 1. The summed E-state index contributed by atoms with van der Waals surface area (Å²) >= 11 is 6.35. The molecule has 0 N–H and O–H groups in total. The summed E-state index contributed by atoms with van der Waals surface area (Å²) < 4.78 is 16.7. The number of hydrogen-bond acceptors (Lipinski definition) is 4. The molecular weight excluding hydrogens is 278 g/mol. The number of carbonyl (C=O) groups is 1. The molecule has 6 heteroatoms. The molecule has 0 radical (unpaired) electrons. The van der Waals surface area contributed by atoms with E-state index in [-0.39, 0.29) is 29.6 Å². The van der Waals surface area contributed by atoms with E-state index in [1.807, 2.05) is 34.6 Å². The maximum Gasteiger partial charge on any atom is 0.476 e. The highest BCUT2D eigenvalue weighted by atomic mass is 35.5. The van der Waals surface area contributed by atoms with Crippen LogP contribution in [0.5, 0.6) is 0 Å². The van der Waals surface area contributed by atoms with E-state index in [0.29, 0.717) is 13.0 Å². The summed E-state index contributed by atoms with van der Waals surface area (Å²) in [5.74, 6) is -0.144. The lowest BCUT2D eigenvalue weighted by Gasteiger charge is -2.32. The third-order valence-electron chi connectivity index (χ3n) is 3.98. The molecule has 1 aliphatic rings. The van der Waals surface area contributed by atoms with E-state index in [9.17, 15) is 4.79 Å². The molecular formula is C14H26BClO4.